The van der Waals surface area contributed by atoms with Crippen LogP contribution in [0.25, 0.3) is 11.0 Å². The van der Waals surface area contributed by atoms with Crippen LogP contribution in [-0.4, -0.2) is 32.6 Å². The van der Waals surface area contributed by atoms with E-state index >= 15 is 0 Å². The maximum absolute atomic E-state index is 13.4. The molecule has 2 aromatic heterocycles. The van der Waals surface area contributed by atoms with Crippen LogP contribution in [0, 0.1) is 6.92 Å². The number of benzene rings is 1. The minimum absolute atomic E-state index is 0.142. The standard InChI is InChI=1S/C25H30ClN5O2/c1-13(2)20-12-18(21-14(3)30-31(22(21)29-20)25(4,5)6)24(33)28-16-9-10-17(19(26)11-16)23(32)27-15-7-8-15/h9-13,15H,7-8H2,1-6H3,(H,27,32)(H,28,33). The number of aryl methyl sites for hydroxylation is 1. The Hall–Kier alpha value is -2.93. The number of fused-ring (bicyclic) bond motifs is 1. The van der Waals surface area contributed by atoms with Gasteiger partial charge in [0.1, 0.15) is 0 Å². The van der Waals surface area contributed by atoms with Crippen molar-refractivity contribution >= 4 is 40.1 Å². The summed E-state index contributed by atoms with van der Waals surface area (Å²) in [7, 11) is 0. The normalized spacial score (nSPS) is 14.1. The van der Waals surface area contributed by atoms with Gasteiger partial charge in [0.25, 0.3) is 11.8 Å². The zero-order chi connectivity index (χ0) is 24.1. The van der Waals surface area contributed by atoms with Crippen molar-refractivity contribution in [2.24, 2.45) is 0 Å². The van der Waals surface area contributed by atoms with Crippen LogP contribution in [0.3, 0.4) is 0 Å². The van der Waals surface area contributed by atoms with E-state index in [1.54, 1.807) is 18.2 Å². The molecule has 4 rings (SSSR count). The monoisotopic (exact) mass is 467 g/mol. The number of carbonyl (C=O) groups excluding carboxylic acids is 2. The van der Waals surface area contributed by atoms with Gasteiger partial charge in [0, 0.05) is 17.4 Å². The molecule has 8 heteroatoms. The van der Waals surface area contributed by atoms with Crippen molar-refractivity contribution in [3.05, 3.63) is 51.8 Å². The van der Waals surface area contributed by atoms with E-state index in [9.17, 15) is 9.59 Å². The lowest BCUT2D eigenvalue weighted by atomic mass is 10.0. The second-order valence-electron chi connectivity index (χ2n) is 10.0. The molecule has 2 heterocycles. The van der Waals surface area contributed by atoms with E-state index in [2.05, 4.69) is 31.4 Å². The Morgan fingerprint density at radius 1 is 1.12 bits per heavy atom. The molecule has 1 aliphatic carbocycles. The van der Waals surface area contributed by atoms with E-state index in [0.717, 1.165) is 29.6 Å². The van der Waals surface area contributed by atoms with Gasteiger partial charge in [-0.1, -0.05) is 25.4 Å². The molecule has 0 bridgehead atoms. The third-order valence-corrected chi connectivity index (χ3v) is 6.00. The predicted octanol–water partition coefficient (Wildman–Crippen LogP) is 5.42. The Bertz CT molecular complexity index is 1250. The van der Waals surface area contributed by atoms with Crippen LogP contribution in [0.5, 0.6) is 0 Å². The summed E-state index contributed by atoms with van der Waals surface area (Å²) >= 11 is 6.36. The number of amides is 2. The molecule has 1 saturated carbocycles. The third kappa shape index (κ3) is 4.74. The molecule has 0 atom stereocenters. The zero-order valence-corrected chi connectivity index (χ0v) is 20.7. The van der Waals surface area contributed by atoms with Gasteiger partial charge in [-0.2, -0.15) is 5.10 Å². The molecule has 0 spiro atoms. The summed E-state index contributed by atoms with van der Waals surface area (Å²) in [5.41, 5.74) is 3.42. The number of hydrogen-bond donors (Lipinski definition) is 2. The Balaban J connectivity index is 1.70. The van der Waals surface area contributed by atoms with Crippen LogP contribution in [0.4, 0.5) is 5.69 Å². The molecule has 1 fully saturated rings. The molecule has 0 aliphatic heterocycles. The van der Waals surface area contributed by atoms with Gasteiger partial charge in [-0.15, -0.1) is 0 Å². The highest BCUT2D eigenvalue weighted by molar-refractivity contribution is 6.34. The topological polar surface area (TPSA) is 88.9 Å². The fourth-order valence-electron chi connectivity index (χ4n) is 3.72. The van der Waals surface area contributed by atoms with E-state index in [1.165, 1.54) is 0 Å². The Kier molecular flexibility index (Phi) is 5.95. The molecule has 7 nitrogen and oxygen atoms in total. The third-order valence-electron chi connectivity index (χ3n) is 5.69. The number of nitrogens with one attached hydrogen (secondary N) is 2. The highest BCUT2D eigenvalue weighted by atomic mass is 35.5. The van der Waals surface area contributed by atoms with Gasteiger partial charge < -0.3 is 10.6 Å². The Labute approximate surface area is 198 Å². The van der Waals surface area contributed by atoms with Crippen LogP contribution >= 0.6 is 11.6 Å². The molecule has 1 aliphatic rings. The zero-order valence-electron chi connectivity index (χ0n) is 19.9. The predicted molar refractivity (Wildman–Crippen MR) is 131 cm³/mol. The van der Waals surface area contributed by atoms with Gasteiger partial charge in [-0.3, -0.25) is 9.59 Å². The Morgan fingerprint density at radius 3 is 2.39 bits per heavy atom. The summed E-state index contributed by atoms with van der Waals surface area (Å²) in [6.45, 7) is 12.2. The number of aromatic nitrogens is 3. The minimum Gasteiger partial charge on any atom is -0.349 e. The number of carbonyl (C=O) groups is 2. The molecule has 1 aromatic carbocycles. The summed E-state index contributed by atoms with van der Waals surface area (Å²) in [6.07, 6.45) is 2.00. The number of anilines is 1. The van der Waals surface area contributed by atoms with Crippen LogP contribution in [0.2, 0.25) is 5.02 Å². The SMILES string of the molecule is Cc1nn(C(C)(C)C)c2nc(C(C)C)cc(C(=O)Nc3ccc(C(=O)NC4CC4)c(Cl)c3)c12. The molecule has 174 valence electrons. The van der Waals surface area contributed by atoms with Gasteiger partial charge in [0.15, 0.2) is 5.65 Å². The average molecular weight is 468 g/mol. The molecular weight excluding hydrogens is 438 g/mol. The van der Waals surface area contributed by atoms with Crippen molar-refractivity contribution in [2.45, 2.75) is 71.9 Å². The van der Waals surface area contributed by atoms with Gasteiger partial charge in [-0.25, -0.2) is 9.67 Å². The maximum Gasteiger partial charge on any atom is 0.256 e. The van der Waals surface area contributed by atoms with E-state index in [-0.39, 0.29) is 29.3 Å². The number of nitrogens with zero attached hydrogens (tertiary/aromatic N) is 3. The van der Waals surface area contributed by atoms with E-state index in [4.69, 9.17) is 21.7 Å². The summed E-state index contributed by atoms with van der Waals surface area (Å²) in [4.78, 5) is 30.6. The summed E-state index contributed by atoms with van der Waals surface area (Å²) in [5, 5.41) is 11.6. The van der Waals surface area contributed by atoms with Crippen molar-refractivity contribution < 1.29 is 9.59 Å². The van der Waals surface area contributed by atoms with Gasteiger partial charge in [0.05, 0.1) is 32.8 Å². The van der Waals surface area contributed by atoms with Gasteiger partial charge in [0.2, 0.25) is 0 Å². The average Bonchev–Trinajstić information content (AvgIpc) is 3.46. The lowest BCUT2D eigenvalue weighted by Crippen LogP contribution is -2.25. The largest absolute Gasteiger partial charge is 0.349 e. The van der Waals surface area contributed by atoms with Crippen LogP contribution in [0.1, 0.15) is 85.5 Å². The van der Waals surface area contributed by atoms with Crippen LogP contribution < -0.4 is 10.6 Å². The first kappa shape index (κ1) is 23.2. The lowest BCUT2D eigenvalue weighted by Gasteiger charge is -2.20. The smallest absolute Gasteiger partial charge is 0.256 e. The number of halogens is 1. The molecule has 0 radical (unpaired) electrons. The molecule has 2 amide bonds. The van der Waals surface area contributed by atoms with Crippen molar-refractivity contribution in [2.75, 3.05) is 5.32 Å². The number of pyridine rings is 1. The molecule has 0 saturated heterocycles. The lowest BCUT2D eigenvalue weighted by molar-refractivity contribution is 0.0950. The van der Waals surface area contributed by atoms with Crippen LogP contribution in [0.15, 0.2) is 24.3 Å². The first-order valence-corrected chi connectivity index (χ1v) is 11.7. The fraction of sp³-hybridized carbons (Fsp3) is 0.440. The van der Waals surface area contributed by atoms with Crippen molar-refractivity contribution in [1.29, 1.82) is 0 Å². The van der Waals surface area contributed by atoms with Crippen molar-refractivity contribution in [1.82, 2.24) is 20.1 Å². The highest BCUT2D eigenvalue weighted by Gasteiger charge is 2.26. The highest BCUT2D eigenvalue weighted by Crippen LogP contribution is 2.30. The maximum atomic E-state index is 13.4. The summed E-state index contributed by atoms with van der Waals surface area (Å²) in [6, 6.07) is 7.02. The minimum atomic E-state index is -0.284. The van der Waals surface area contributed by atoms with Gasteiger partial charge in [-0.05, 0) is 70.7 Å². The second kappa shape index (κ2) is 8.45. The van der Waals surface area contributed by atoms with E-state index < -0.39 is 0 Å². The Morgan fingerprint density at radius 2 is 1.82 bits per heavy atom. The number of hydrogen-bond acceptors (Lipinski definition) is 4. The van der Waals surface area contributed by atoms with Crippen molar-refractivity contribution in [3.63, 3.8) is 0 Å². The fourth-order valence-corrected chi connectivity index (χ4v) is 3.98. The molecule has 33 heavy (non-hydrogen) atoms. The van der Waals surface area contributed by atoms with E-state index in [0.29, 0.717) is 27.5 Å². The molecule has 2 N–H and O–H groups in total. The first-order valence-electron chi connectivity index (χ1n) is 11.3. The molecular formula is C25H30ClN5O2. The molecule has 0 unspecified atom stereocenters. The summed E-state index contributed by atoms with van der Waals surface area (Å²) < 4.78 is 1.88. The quantitative estimate of drug-likeness (QED) is 0.524. The summed E-state index contributed by atoms with van der Waals surface area (Å²) in [5.74, 6) is -0.321. The van der Waals surface area contributed by atoms with Crippen LogP contribution in [-0.2, 0) is 5.54 Å². The first-order chi connectivity index (χ1) is 15.5. The second-order valence-corrected chi connectivity index (χ2v) is 10.4. The van der Waals surface area contributed by atoms with E-state index in [1.807, 2.05) is 31.5 Å². The van der Waals surface area contributed by atoms with Gasteiger partial charge >= 0.3 is 0 Å². The molecule has 3 aromatic rings. The number of rotatable bonds is 5. The van der Waals surface area contributed by atoms with Crippen molar-refractivity contribution in [3.8, 4) is 0 Å².